The summed E-state index contributed by atoms with van der Waals surface area (Å²) in [6.07, 6.45) is 2.26. The van der Waals surface area contributed by atoms with Gasteiger partial charge in [-0.3, -0.25) is 4.79 Å². The van der Waals surface area contributed by atoms with E-state index in [0.29, 0.717) is 6.42 Å². The van der Waals surface area contributed by atoms with Gasteiger partial charge in [0.2, 0.25) is 0 Å². The van der Waals surface area contributed by atoms with Crippen LogP contribution in [0.3, 0.4) is 0 Å². The molecule has 0 amide bonds. The minimum Gasteiger partial charge on any atom is -0.465 e. The molecular weight excluding hydrogens is 412 g/mol. The summed E-state index contributed by atoms with van der Waals surface area (Å²) in [4.78, 5) is 12.0. The van der Waals surface area contributed by atoms with Crippen molar-refractivity contribution in [3.63, 3.8) is 0 Å². The minimum absolute atomic E-state index is 0.211. The molecule has 136 valence electrons. The lowest BCUT2D eigenvalue weighted by Gasteiger charge is -2.05. The number of ether oxygens (including phenoxy) is 1. The van der Waals surface area contributed by atoms with E-state index < -0.39 is 0 Å². The fourth-order valence-electron chi connectivity index (χ4n) is 2.72. The molecule has 2 aromatic carbocycles. The zero-order valence-electron chi connectivity index (χ0n) is 14.2. The molecule has 0 radical (unpaired) electrons. The lowest BCUT2D eigenvalue weighted by Crippen LogP contribution is -2.10. The molecule has 0 aliphatic rings. The molecule has 27 heavy (non-hydrogen) atoms. The molecule has 7 nitrogen and oxygen atoms in total. The number of furan rings is 1. The molecule has 0 fully saturated rings. The lowest BCUT2D eigenvalue weighted by molar-refractivity contribution is -0.142. The third-order valence-corrected chi connectivity index (χ3v) is 4.53. The van der Waals surface area contributed by atoms with Crippen LogP contribution >= 0.6 is 15.9 Å². The highest BCUT2D eigenvalue weighted by atomic mass is 79.9. The molecule has 0 spiro atoms. The van der Waals surface area contributed by atoms with Crippen LogP contribution in [0.4, 0.5) is 0 Å². The van der Waals surface area contributed by atoms with Gasteiger partial charge in [-0.2, -0.15) is 0 Å². The molecule has 8 heteroatoms. The van der Waals surface area contributed by atoms with Crippen molar-refractivity contribution in [2.24, 2.45) is 0 Å². The third-order valence-electron chi connectivity index (χ3n) is 4.04. The summed E-state index contributed by atoms with van der Waals surface area (Å²) in [6, 6.07) is 15.2. The number of carbonyl (C=O) groups excluding carboxylic acids is 1. The van der Waals surface area contributed by atoms with Crippen molar-refractivity contribution in [1.82, 2.24) is 20.2 Å². The maximum absolute atomic E-state index is 12.0. The number of rotatable bonds is 6. The Bertz CT molecular complexity index is 1060. The van der Waals surface area contributed by atoms with Gasteiger partial charge in [-0.05, 0) is 52.4 Å². The summed E-state index contributed by atoms with van der Waals surface area (Å²) < 4.78 is 13.6. The van der Waals surface area contributed by atoms with E-state index in [-0.39, 0.29) is 19.0 Å². The van der Waals surface area contributed by atoms with E-state index in [9.17, 15) is 4.79 Å². The van der Waals surface area contributed by atoms with Crippen molar-refractivity contribution >= 4 is 32.9 Å². The van der Waals surface area contributed by atoms with E-state index in [1.165, 1.54) is 6.33 Å². The van der Waals surface area contributed by atoms with Crippen LogP contribution in [0.25, 0.3) is 16.7 Å². The Kier molecular flexibility index (Phi) is 4.97. The maximum atomic E-state index is 12.0. The van der Waals surface area contributed by atoms with Crippen molar-refractivity contribution in [1.29, 1.82) is 0 Å². The number of nitrogens with zero attached hydrogens (tertiary/aromatic N) is 4. The molecule has 2 aromatic heterocycles. The molecule has 0 unspecified atom stereocenters. The van der Waals surface area contributed by atoms with E-state index in [4.69, 9.17) is 9.15 Å². The highest BCUT2D eigenvalue weighted by Gasteiger charge is 2.08. The van der Waals surface area contributed by atoms with Crippen LogP contribution in [-0.4, -0.2) is 32.8 Å². The summed E-state index contributed by atoms with van der Waals surface area (Å²) in [7, 11) is 0. The molecule has 0 saturated heterocycles. The predicted octanol–water partition coefficient (Wildman–Crippen LogP) is 3.50. The Balaban J connectivity index is 1.29. The summed E-state index contributed by atoms with van der Waals surface area (Å²) in [5.74, 6) is 0.519. The van der Waals surface area contributed by atoms with Crippen LogP contribution in [0, 0.1) is 0 Å². The predicted molar refractivity (Wildman–Crippen MR) is 101 cm³/mol. The first kappa shape index (κ1) is 17.4. The second kappa shape index (κ2) is 7.71. The highest BCUT2D eigenvalue weighted by molar-refractivity contribution is 9.10. The average molecular weight is 427 g/mol. The number of esters is 1. The van der Waals surface area contributed by atoms with Gasteiger partial charge in [0.1, 0.15) is 17.7 Å². The van der Waals surface area contributed by atoms with Gasteiger partial charge in [0.25, 0.3) is 0 Å². The van der Waals surface area contributed by atoms with Crippen LogP contribution in [0.5, 0.6) is 0 Å². The van der Waals surface area contributed by atoms with E-state index in [1.54, 1.807) is 4.68 Å². The first-order chi connectivity index (χ1) is 13.2. The van der Waals surface area contributed by atoms with Gasteiger partial charge in [0.05, 0.1) is 18.7 Å². The van der Waals surface area contributed by atoms with Crippen molar-refractivity contribution < 1.29 is 13.9 Å². The molecule has 0 aliphatic heterocycles. The molecule has 4 rings (SSSR count). The van der Waals surface area contributed by atoms with Crippen molar-refractivity contribution in [2.45, 2.75) is 12.8 Å². The van der Waals surface area contributed by atoms with Crippen molar-refractivity contribution in [3.05, 3.63) is 70.7 Å². The molecule has 2 heterocycles. The minimum atomic E-state index is -0.274. The Morgan fingerprint density at radius 3 is 2.78 bits per heavy atom. The Morgan fingerprint density at radius 2 is 2.00 bits per heavy atom. The standard InChI is InChI=1S/C19H15BrN4O3/c20-15-3-6-18-14(10-15)11-17(27-18)7-8-26-19(25)9-13-1-4-16(5-2-13)24-12-21-22-23-24/h1-6,10-12H,7-9H2. The van der Waals surface area contributed by atoms with Gasteiger partial charge in [0, 0.05) is 16.3 Å². The van der Waals surface area contributed by atoms with Crippen LogP contribution in [-0.2, 0) is 22.4 Å². The van der Waals surface area contributed by atoms with Gasteiger partial charge in [-0.15, -0.1) is 5.10 Å². The summed E-state index contributed by atoms with van der Waals surface area (Å²) in [5.41, 5.74) is 2.52. The van der Waals surface area contributed by atoms with Crippen LogP contribution < -0.4 is 0 Å². The largest absolute Gasteiger partial charge is 0.465 e. The number of halogens is 1. The van der Waals surface area contributed by atoms with Crippen LogP contribution in [0.1, 0.15) is 11.3 Å². The van der Waals surface area contributed by atoms with Crippen LogP contribution in [0.15, 0.2) is 63.7 Å². The molecule has 0 aliphatic carbocycles. The number of hydrogen-bond donors (Lipinski definition) is 0. The number of tetrazole rings is 1. The second-order valence-corrected chi connectivity index (χ2v) is 6.88. The first-order valence-corrected chi connectivity index (χ1v) is 9.12. The van der Waals surface area contributed by atoms with Crippen LogP contribution in [0.2, 0.25) is 0 Å². The fraction of sp³-hybridized carbons (Fsp3) is 0.158. The zero-order valence-corrected chi connectivity index (χ0v) is 15.8. The monoisotopic (exact) mass is 426 g/mol. The van der Waals surface area contributed by atoms with Gasteiger partial charge in [0.15, 0.2) is 0 Å². The van der Waals surface area contributed by atoms with Gasteiger partial charge in [-0.25, -0.2) is 4.68 Å². The molecule has 0 saturated carbocycles. The number of aromatic nitrogens is 4. The topological polar surface area (TPSA) is 83.0 Å². The smallest absolute Gasteiger partial charge is 0.310 e. The van der Waals surface area contributed by atoms with E-state index >= 15 is 0 Å². The maximum Gasteiger partial charge on any atom is 0.310 e. The second-order valence-electron chi connectivity index (χ2n) is 5.96. The van der Waals surface area contributed by atoms with Crippen molar-refractivity contribution in [2.75, 3.05) is 6.61 Å². The molecule has 0 N–H and O–H groups in total. The normalized spacial score (nSPS) is 11.0. The summed E-state index contributed by atoms with van der Waals surface area (Å²) in [5, 5.41) is 12.0. The van der Waals surface area contributed by atoms with Gasteiger partial charge >= 0.3 is 5.97 Å². The quantitative estimate of drug-likeness (QED) is 0.438. The molecule has 4 aromatic rings. The van der Waals surface area contributed by atoms with E-state index in [0.717, 1.165) is 32.5 Å². The SMILES string of the molecule is O=C(Cc1ccc(-n2cnnn2)cc1)OCCc1cc2cc(Br)ccc2o1. The fourth-order valence-corrected chi connectivity index (χ4v) is 3.10. The van der Waals surface area contributed by atoms with E-state index in [2.05, 4.69) is 31.5 Å². The summed E-state index contributed by atoms with van der Waals surface area (Å²) >= 11 is 3.44. The van der Waals surface area contributed by atoms with E-state index in [1.807, 2.05) is 48.5 Å². The number of benzene rings is 2. The highest BCUT2D eigenvalue weighted by Crippen LogP contribution is 2.23. The number of fused-ring (bicyclic) bond motifs is 1. The van der Waals surface area contributed by atoms with Gasteiger partial charge < -0.3 is 9.15 Å². The number of carbonyl (C=O) groups is 1. The third kappa shape index (κ3) is 4.22. The first-order valence-electron chi connectivity index (χ1n) is 8.33. The molecule has 0 bridgehead atoms. The zero-order chi connectivity index (χ0) is 18.6. The lowest BCUT2D eigenvalue weighted by atomic mass is 10.1. The Morgan fingerprint density at radius 1 is 1.15 bits per heavy atom. The Hall–Kier alpha value is -3.00. The average Bonchev–Trinajstić information content (AvgIpc) is 3.31. The summed E-state index contributed by atoms with van der Waals surface area (Å²) in [6.45, 7) is 0.280. The Labute approximate surface area is 163 Å². The van der Waals surface area contributed by atoms with Crippen molar-refractivity contribution in [3.8, 4) is 5.69 Å². The number of hydrogen-bond acceptors (Lipinski definition) is 6. The van der Waals surface area contributed by atoms with Gasteiger partial charge in [-0.1, -0.05) is 28.1 Å². The molecular formula is C19H15BrN4O3. The molecule has 0 atom stereocenters.